The number of urea groups is 1. The van der Waals surface area contributed by atoms with Crippen molar-refractivity contribution >= 4 is 39.4 Å². The standard InChI is InChI=1S/C33H31F4N5O5S/c1-41(27-9-5-3-6-10-27)31(43)29(17-21-13-23(34)19-24(35)14-21)38-33(45)40-48(46,47)39-30(18-22-15-25(36)20-26(37)16-22)32(44)42(2)28-11-7-4-8-12-28/h3-16,19-20,29-30,39H,17-18H2,1-2H3,(H2,38,40,45)/t29?,30-/m0/s1. The van der Waals surface area contributed by atoms with Crippen LogP contribution in [-0.2, 0) is 32.6 Å². The van der Waals surface area contributed by atoms with Crippen LogP contribution in [0.15, 0.2) is 97.1 Å². The molecule has 0 spiro atoms. The molecular formula is C33H31F4N5O5S. The SMILES string of the molecule is CN(C(=O)C(Cc1cc(F)cc(F)c1)NC(=O)NS(=O)(=O)N[C@@H](Cc1cc(F)cc(F)c1)C(=O)N(C)c1ccccc1)c1ccccc1. The Balaban J connectivity index is 1.57. The van der Waals surface area contributed by atoms with Gasteiger partial charge in [0.15, 0.2) is 0 Å². The molecule has 4 aromatic rings. The second kappa shape index (κ2) is 15.5. The highest BCUT2D eigenvalue weighted by atomic mass is 32.2. The number of amides is 4. The summed E-state index contributed by atoms with van der Waals surface area (Å²) in [5, 5.41) is 2.23. The van der Waals surface area contributed by atoms with Crippen LogP contribution in [0.5, 0.6) is 0 Å². The first-order chi connectivity index (χ1) is 22.7. The lowest BCUT2D eigenvalue weighted by atomic mass is 10.0. The zero-order chi connectivity index (χ0) is 35.0. The molecular weight excluding hydrogens is 654 g/mol. The Kier molecular flexibility index (Phi) is 11.5. The van der Waals surface area contributed by atoms with Gasteiger partial charge in [-0.3, -0.25) is 9.59 Å². The van der Waals surface area contributed by atoms with Crippen molar-refractivity contribution in [2.24, 2.45) is 0 Å². The van der Waals surface area contributed by atoms with Crippen LogP contribution in [0.2, 0.25) is 0 Å². The molecule has 0 aliphatic heterocycles. The largest absolute Gasteiger partial charge is 0.330 e. The first-order valence-electron chi connectivity index (χ1n) is 14.4. The fourth-order valence-electron chi connectivity index (χ4n) is 4.86. The van der Waals surface area contributed by atoms with Gasteiger partial charge < -0.3 is 15.1 Å². The molecule has 2 atom stereocenters. The van der Waals surface area contributed by atoms with Crippen molar-refractivity contribution in [3.8, 4) is 0 Å². The summed E-state index contributed by atoms with van der Waals surface area (Å²) in [6, 6.07) is 16.7. The minimum absolute atomic E-state index is 0.00877. The van der Waals surface area contributed by atoms with Crippen LogP contribution in [-0.4, -0.2) is 52.4 Å². The monoisotopic (exact) mass is 685 g/mol. The third-order valence-corrected chi connectivity index (χ3v) is 8.15. The van der Waals surface area contributed by atoms with Crippen molar-refractivity contribution in [2.45, 2.75) is 24.9 Å². The smallest absolute Gasteiger partial charge is 0.325 e. The number of anilines is 2. The van der Waals surface area contributed by atoms with Crippen LogP contribution < -0.4 is 24.6 Å². The van der Waals surface area contributed by atoms with E-state index in [1.165, 1.54) is 19.0 Å². The summed E-state index contributed by atoms with van der Waals surface area (Å²) in [5.41, 5.74) is 0.717. The van der Waals surface area contributed by atoms with Crippen molar-refractivity contribution in [1.82, 2.24) is 14.8 Å². The van der Waals surface area contributed by atoms with Crippen LogP contribution in [0.4, 0.5) is 33.7 Å². The molecule has 15 heteroatoms. The highest BCUT2D eigenvalue weighted by Crippen LogP contribution is 2.18. The van der Waals surface area contributed by atoms with E-state index in [0.29, 0.717) is 23.5 Å². The summed E-state index contributed by atoms with van der Waals surface area (Å²) in [5.74, 6) is -5.36. The number of hydrogen-bond acceptors (Lipinski definition) is 5. The number of para-hydroxylation sites is 2. The van der Waals surface area contributed by atoms with Crippen LogP contribution in [0.3, 0.4) is 0 Å². The number of hydrogen-bond donors (Lipinski definition) is 3. The maximum Gasteiger partial charge on any atom is 0.330 e. The number of likely N-dealkylation sites (N-methyl/N-ethyl adjacent to an activating group) is 2. The summed E-state index contributed by atoms with van der Waals surface area (Å²) in [4.78, 5) is 42.3. The van der Waals surface area contributed by atoms with Crippen molar-refractivity contribution in [3.63, 3.8) is 0 Å². The number of carbonyl (C=O) groups is 3. The summed E-state index contributed by atoms with van der Waals surface area (Å²) in [7, 11) is -2.15. The molecule has 0 aromatic heterocycles. The topological polar surface area (TPSA) is 128 Å². The minimum Gasteiger partial charge on any atom is -0.325 e. The number of benzene rings is 4. The van der Waals surface area contributed by atoms with Gasteiger partial charge in [0.2, 0.25) is 11.8 Å². The van der Waals surface area contributed by atoms with Gasteiger partial charge in [-0.2, -0.15) is 13.1 Å². The van der Waals surface area contributed by atoms with Gasteiger partial charge in [-0.05, 0) is 66.1 Å². The number of rotatable bonds is 12. The number of halogens is 4. The molecule has 4 aromatic carbocycles. The molecule has 0 aliphatic carbocycles. The molecule has 0 aliphatic rings. The van der Waals surface area contributed by atoms with E-state index in [1.54, 1.807) is 65.4 Å². The molecule has 4 rings (SSSR count). The van der Waals surface area contributed by atoms with E-state index in [9.17, 15) is 40.4 Å². The molecule has 1 unspecified atom stereocenters. The van der Waals surface area contributed by atoms with Crippen molar-refractivity contribution in [2.75, 3.05) is 23.9 Å². The Hall–Kier alpha value is -5.28. The van der Waals surface area contributed by atoms with Crippen LogP contribution in [0, 0.1) is 23.3 Å². The van der Waals surface area contributed by atoms with Gasteiger partial charge in [0.25, 0.3) is 0 Å². The number of nitrogens with zero attached hydrogens (tertiary/aromatic N) is 2. The van der Waals surface area contributed by atoms with Gasteiger partial charge in [0.1, 0.15) is 35.4 Å². The van der Waals surface area contributed by atoms with Crippen LogP contribution in [0.1, 0.15) is 11.1 Å². The normalized spacial score (nSPS) is 12.5. The zero-order valence-corrected chi connectivity index (χ0v) is 26.5. The number of nitrogens with one attached hydrogen (secondary N) is 3. The molecule has 0 heterocycles. The minimum atomic E-state index is -4.90. The van der Waals surface area contributed by atoms with Crippen LogP contribution >= 0.6 is 0 Å². The predicted octanol–water partition coefficient (Wildman–Crippen LogP) is 4.23. The fraction of sp³-hybridized carbons (Fsp3) is 0.182. The van der Waals surface area contributed by atoms with Gasteiger partial charge in [-0.1, -0.05) is 36.4 Å². The van der Waals surface area contributed by atoms with Gasteiger partial charge in [0.05, 0.1) is 0 Å². The molecule has 0 radical (unpaired) electrons. The Labute approximate surface area is 274 Å². The van der Waals surface area contributed by atoms with Gasteiger partial charge in [0, 0.05) is 44.0 Å². The average molecular weight is 686 g/mol. The second-order valence-electron chi connectivity index (χ2n) is 10.7. The zero-order valence-electron chi connectivity index (χ0n) is 25.7. The second-order valence-corrected chi connectivity index (χ2v) is 12.2. The van der Waals surface area contributed by atoms with Crippen molar-refractivity contribution in [3.05, 3.63) is 131 Å². The molecule has 0 bridgehead atoms. The fourth-order valence-corrected chi connectivity index (χ4v) is 5.78. The van der Waals surface area contributed by atoms with Crippen molar-refractivity contribution in [1.29, 1.82) is 0 Å². The van der Waals surface area contributed by atoms with E-state index in [-0.39, 0.29) is 11.1 Å². The highest BCUT2D eigenvalue weighted by molar-refractivity contribution is 7.88. The third kappa shape index (κ3) is 9.86. The summed E-state index contributed by atoms with van der Waals surface area (Å²) >= 11 is 0. The van der Waals surface area contributed by atoms with E-state index in [4.69, 9.17) is 0 Å². The maximum atomic E-state index is 14.0. The van der Waals surface area contributed by atoms with E-state index < -0.39 is 76.2 Å². The van der Waals surface area contributed by atoms with Crippen molar-refractivity contribution < 1.29 is 40.4 Å². The lowest BCUT2D eigenvalue weighted by molar-refractivity contribution is -0.120. The quantitative estimate of drug-likeness (QED) is 0.193. The molecule has 0 saturated heterocycles. The molecule has 252 valence electrons. The van der Waals surface area contributed by atoms with E-state index in [2.05, 4.69) is 5.32 Å². The average Bonchev–Trinajstić information content (AvgIpc) is 3.02. The summed E-state index contributed by atoms with van der Waals surface area (Å²) in [6.45, 7) is 0. The Morgan fingerprint density at radius 3 is 1.42 bits per heavy atom. The van der Waals surface area contributed by atoms with E-state index in [0.717, 1.165) is 29.2 Å². The Morgan fingerprint density at radius 2 is 1.00 bits per heavy atom. The molecule has 4 amide bonds. The molecule has 10 nitrogen and oxygen atoms in total. The lowest BCUT2D eigenvalue weighted by Crippen LogP contribution is -2.57. The van der Waals surface area contributed by atoms with E-state index in [1.807, 2.05) is 4.72 Å². The van der Waals surface area contributed by atoms with Crippen LogP contribution in [0.25, 0.3) is 0 Å². The summed E-state index contributed by atoms with van der Waals surface area (Å²) < 4.78 is 85.9. The third-order valence-electron chi connectivity index (χ3n) is 7.10. The number of carbonyl (C=O) groups excluding carboxylic acids is 3. The predicted molar refractivity (Wildman–Crippen MR) is 171 cm³/mol. The Bertz CT molecular complexity index is 1840. The lowest BCUT2D eigenvalue weighted by Gasteiger charge is -2.26. The van der Waals surface area contributed by atoms with Gasteiger partial charge >= 0.3 is 16.2 Å². The highest BCUT2D eigenvalue weighted by Gasteiger charge is 2.31. The first kappa shape index (κ1) is 35.6. The summed E-state index contributed by atoms with van der Waals surface area (Å²) in [6.07, 6.45) is -0.943. The first-order valence-corrected chi connectivity index (χ1v) is 15.8. The Morgan fingerprint density at radius 1 is 0.625 bits per heavy atom. The molecule has 0 fully saturated rings. The maximum absolute atomic E-state index is 14.0. The molecule has 48 heavy (non-hydrogen) atoms. The van der Waals surface area contributed by atoms with E-state index >= 15 is 0 Å². The van der Waals surface area contributed by atoms with Gasteiger partial charge in [-0.15, -0.1) is 0 Å². The molecule has 0 saturated carbocycles. The molecule has 3 N–H and O–H groups in total. The van der Waals surface area contributed by atoms with Gasteiger partial charge in [-0.25, -0.2) is 27.1 Å².